The highest BCUT2D eigenvalue weighted by atomic mass is 16.2. The van der Waals surface area contributed by atoms with Crippen molar-refractivity contribution in [1.29, 1.82) is 0 Å². The summed E-state index contributed by atoms with van der Waals surface area (Å²) in [4.78, 5) is 27.4. The van der Waals surface area contributed by atoms with Gasteiger partial charge in [-0.2, -0.15) is 0 Å². The topological polar surface area (TPSA) is 66.6 Å². The number of nitrogens with zero attached hydrogens (tertiary/aromatic N) is 2. The van der Waals surface area contributed by atoms with Crippen LogP contribution < -0.4 is 5.73 Å². The molecule has 1 aliphatic rings. The molecule has 1 saturated heterocycles. The summed E-state index contributed by atoms with van der Waals surface area (Å²) < 4.78 is 0. The van der Waals surface area contributed by atoms with Gasteiger partial charge in [-0.3, -0.25) is 9.59 Å². The number of nitrogens with two attached hydrogens (primary N) is 1. The molecule has 16 heavy (non-hydrogen) atoms. The van der Waals surface area contributed by atoms with Gasteiger partial charge in [-0.05, 0) is 13.8 Å². The molecule has 1 rings (SSSR count). The van der Waals surface area contributed by atoms with Crippen LogP contribution >= 0.6 is 0 Å². The molecule has 1 fully saturated rings. The lowest BCUT2D eigenvalue weighted by atomic mass is 9.95. The Balaban J connectivity index is 2.90. The quantitative estimate of drug-likeness (QED) is 0.702. The second kappa shape index (κ2) is 4.41. The molecule has 2 amide bonds. The predicted molar refractivity (Wildman–Crippen MR) is 61.6 cm³/mol. The minimum Gasteiger partial charge on any atom is -0.342 e. The first kappa shape index (κ1) is 13.0. The average molecular weight is 227 g/mol. The molecule has 0 aromatic rings. The van der Waals surface area contributed by atoms with Crippen LogP contribution in [0.1, 0.15) is 20.8 Å². The summed E-state index contributed by atoms with van der Waals surface area (Å²) in [6.07, 6.45) is 0. The van der Waals surface area contributed by atoms with Gasteiger partial charge in [0.15, 0.2) is 0 Å². The normalized spacial score (nSPS) is 22.2. The number of amides is 2. The van der Waals surface area contributed by atoms with Crippen molar-refractivity contribution >= 4 is 11.8 Å². The number of piperazine rings is 1. The Morgan fingerprint density at radius 2 is 2.06 bits per heavy atom. The van der Waals surface area contributed by atoms with Crippen LogP contribution in [0.2, 0.25) is 0 Å². The molecule has 5 nitrogen and oxygen atoms in total. The Bertz CT molecular complexity index is 302. The highest BCUT2D eigenvalue weighted by molar-refractivity contribution is 5.92. The summed E-state index contributed by atoms with van der Waals surface area (Å²) in [5.74, 6) is -0.277. The zero-order valence-electron chi connectivity index (χ0n) is 10.5. The third-order valence-electron chi connectivity index (χ3n) is 3.25. The largest absolute Gasteiger partial charge is 0.342 e. The maximum Gasteiger partial charge on any atom is 0.247 e. The van der Waals surface area contributed by atoms with E-state index < -0.39 is 5.54 Å². The molecule has 0 radical (unpaired) electrons. The molecule has 1 heterocycles. The fourth-order valence-electron chi connectivity index (χ4n) is 1.97. The molecule has 0 aromatic carbocycles. The molecule has 0 spiro atoms. The zero-order chi connectivity index (χ0) is 12.5. The smallest absolute Gasteiger partial charge is 0.247 e. The monoisotopic (exact) mass is 227 g/mol. The first-order valence-electron chi connectivity index (χ1n) is 5.59. The maximum absolute atomic E-state index is 12.1. The molecule has 1 aliphatic heterocycles. The van der Waals surface area contributed by atoms with Crippen LogP contribution in [0.25, 0.3) is 0 Å². The molecule has 0 aliphatic carbocycles. The Morgan fingerprint density at radius 3 is 2.56 bits per heavy atom. The first-order chi connectivity index (χ1) is 7.32. The highest BCUT2D eigenvalue weighted by Crippen LogP contribution is 2.23. The third kappa shape index (κ3) is 2.04. The van der Waals surface area contributed by atoms with E-state index in [2.05, 4.69) is 0 Å². The van der Waals surface area contributed by atoms with Crippen LogP contribution in [0.15, 0.2) is 0 Å². The molecular weight excluding hydrogens is 206 g/mol. The van der Waals surface area contributed by atoms with Gasteiger partial charge in [0, 0.05) is 32.6 Å². The Morgan fingerprint density at radius 1 is 1.50 bits per heavy atom. The van der Waals surface area contributed by atoms with Gasteiger partial charge in [-0.1, -0.05) is 6.92 Å². The third-order valence-corrected chi connectivity index (χ3v) is 3.25. The van der Waals surface area contributed by atoms with Gasteiger partial charge in [0.1, 0.15) is 5.54 Å². The van der Waals surface area contributed by atoms with E-state index in [1.54, 1.807) is 37.6 Å². The van der Waals surface area contributed by atoms with Crippen molar-refractivity contribution in [2.75, 3.05) is 26.7 Å². The van der Waals surface area contributed by atoms with E-state index in [1.165, 1.54) is 0 Å². The van der Waals surface area contributed by atoms with Crippen LogP contribution in [0, 0.1) is 5.92 Å². The first-order valence-corrected chi connectivity index (χ1v) is 5.59. The lowest BCUT2D eigenvalue weighted by Gasteiger charge is -2.45. The zero-order valence-corrected chi connectivity index (χ0v) is 10.5. The van der Waals surface area contributed by atoms with Crippen LogP contribution in [-0.4, -0.2) is 53.8 Å². The molecule has 92 valence electrons. The standard InChI is InChI=1S/C11H21N3O2/c1-8(7-12)9(15)14-6-5-13(4)10(16)11(14,2)3/h8H,5-7,12H2,1-4H3. The number of hydrogen-bond acceptors (Lipinski definition) is 3. The van der Waals surface area contributed by atoms with E-state index in [0.717, 1.165) is 0 Å². The van der Waals surface area contributed by atoms with Gasteiger partial charge in [0.05, 0.1) is 0 Å². The summed E-state index contributed by atoms with van der Waals surface area (Å²) in [6.45, 7) is 6.85. The highest BCUT2D eigenvalue weighted by Gasteiger charge is 2.43. The van der Waals surface area contributed by atoms with Crippen molar-refractivity contribution in [1.82, 2.24) is 9.80 Å². The van der Waals surface area contributed by atoms with Crippen LogP contribution in [0.5, 0.6) is 0 Å². The Kier molecular flexibility index (Phi) is 3.57. The van der Waals surface area contributed by atoms with E-state index in [0.29, 0.717) is 19.6 Å². The van der Waals surface area contributed by atoms with E-state index in [1.807, 2.05) is 0 Å². The average Bonchev–Trinajstić information content (AvgIpc) is 2.24. The number of carbonyl (C=O) groups is 2. The van der Waals surface area contributed by atoms with E-state index in [-0.39, 0.29) is 17.7 Å². The Hall–Kier alpha value is -1.10. The summed E-state index contributed by atoms with van der Waals surface area (Å²) in [6, 6.07) is 0. The molecule has 2 N–H and O–H groups in total. The molecule has 0 aromatic heterocycles. The minimum absolute atomic E-state index is 0.0173. The van der Waals surface area contributed by atoms with Gasteiger partial charge in [-0.15, -0.1) is 0 Å². The van der Waals surface area contributed by atoms with Crippen molar-refractivity contribution in [3.63, 3.8) is 0 Å². The maximum atomic E-state index is 12.1. The summed E-state index contributed by atoms with van der Waals surface area (Å²) in [5, 5.41) is 0. The number of carbonyl (C=O) groups excluding carboxylic acids is 2. The van der Waals surface area contributed by atoms with Gasteiger partial charge >= 0.3 is 0 Å². The van der Waals surface area contributed by atoms with Crippen molar-refractivity contribution in [3.8, 4) is 0 Å². The van der Waals surface area contributed by atoms with Gasteiger partial charge in [0.2, 0.25) is 11.8 Å². The summed E-state index contributed by atoms with van der Waals surface area (Å²) >= 11 is 0. The molecular formula is C11H21N3O2. The van der Waals surface area contributed by atoms with Crippen molar-refractivity contribution in [2.45, 2.75) is 26.3 Å². The lowest BCUT2D eigenvalue weighted by Crippen LogP contribution is -2.64. The van der Waals surface area contributed by atoms with Crippen LogP contribution in [0.3, 0.4) is 0 Å². The van der Waals surface area contributed by atoms with Gasteiger partial charge in [0.25, 0.3) is 0 Å². The number of hydrogen-bond donors (Lipinski definition) is 1. The minimum atomic E-state index is -0.756. The fourth-order valence-corrected chi connectivity index (χ4v) is 1.97. The van der Waals surface area contributed by atoms with Gasteiger partial charge in [-0.25, -0.2) is 0 Å². The summed E-state index contributed by atoms with van der Waals surface area (Å²) in [5.41, 5.74) is 4.73. The van der Waals surface area contributed by atoms with E-state index in [4.69, 9.17) is 5.73 Å². The second-order valence-electron chi connectivity index (χ2n) is 4.91. The van der Waals surface area contributed by atoms with Crippen molar-refractivity contribution in [2.24, 2.45) is 11.7 Å². The van der Waals surface area contributed by atoms with Crippen molar-refractivity contribution < 1.29 is 9.59 Å². The summed E-state index contributed by atoms with van der Waals surface area (Å²) in [7, 11) is 1.76. The number of likely N-dealkylation sites (N-methyl/N-ethyl adjacent to an activating group) is 1. The lowest BCUT2D eigenvalue weighted by molar-refractivity contribution is -0.159. The fraction of sp³-hybridized carbons (Fsp3) is 0.818. The Labute approximate surface area is 96.6 Å². The number of rotatable bonds is 2. The van der Waals surface area contributed by atoms with Gasteiger partial charge < -0.3 is 15.5 Å². The molecule has 1 atom stereocenters. The molecule has 0 bridgehead atoms. The molecule has 1 unspecified atom stereocenters. The van der Waals surface area contributed by atoms with E-state index >= 15 is 0 Å². The second-order valence-corrected chi connectivity index (χ2v) is 4.91. The SMILES string of the molecule is CC(CN)C(=O)N1CCN(C)C(=O)C1(C)C. The van der Waals surface area contributed by atoms with E-state index in [9.17, 15) is 9.59 Å². The predicted octanol–water partition coefficient (Wildman–Crippen LogP) is -0.340. The van der Waals surface area contributed by atoms with Crippen LogP contribution in [-0.2, 0) is 9.59 Å². The van der Waals surface area contributed by atoms with Crippen molar-refractivity contribution in [3.05, 3.63) is 0 Å². The molecule has 0 saturated carbocycles. The molecule has 5 heteroatoms. The van der Waals surface area contributed by atoms with Crippen LogP contribution in [0.4, 0.5) is 0 Å².